The first-order chi connectivity index (χ1) is 13.6. The van der Waals surface area contributed by atoms with E-state index in [0.717, 1.165) is 36.9 Å². The fourth-order valence-electron chi connectivity index (χ4n) is 3.76. The Balaban J connectivity index is 1.49. The predicted octanol–water partition coefficient (Wildman–Crippen LogP) is 1.76. The highest BCUT2D eigenvalue weighted by Gasteiger charge is 2.32. The maximum Gasteiger partial charge on any atom is 0.262 e. The van der Waals surface area contributed by atoms with Crippen molar-refractivity contribution in [1.29, 1.82) is 0 Å². The maximum atomic E-state index is 13.2. The summed E-state index contributed by atoms with van der Waals surface area (Å²) in [7, 11) is -3.74. The Labute approximate surface area is 169 Å². The van der Waals surface area contributed by atoms with Gasteiger partial charge in [0.1, 0.15) is 9.77 Å². The smallest absolute Gasteiger partial charge is 0.262 e. The second-order valence-electron chi connectivity index (χ2n) is 7.20. The summed E-state index contributed by atoms with van der Waals surface area (Å²) in [6.07, 6.45) is 7.43. The Kier molecular flexibility index (Phi) is 5.77. The molecule has 0 spiro atoms. The third-order valence-corrected chi connectivity index (χ3v) is 8.29. The lowest BCUT2D eigenvalue weighted by Crippen LogP contribution is -2.43. The maximum absolute atomic E-state index is 13.2. The average molecular weight is 421 g/mol. The monoisotopic (exact) mass is 420 g/mol. The van der Waals surface area contributed by atoms with Crippen molar-refractivity contribution in [2.45, 2.75) is 43.2 Å². The minimum Gasteiger partial charge on any atom is -0.350 e. The molecule has 0 saturated carbocycles. The standard InChI is InChI=1S/C19H24N4O3S2/c24-19(22-12-16-3-1-2-7-21-16)18-17(6-10-27-18)28(25,26)23-9-5-14-4-8-20-11-15(14)13-23/h4,6,8,10-11,16,21H,1-3,5,7,9,12-13H2,(H,22,24)/t16-/m1/s1. The number of nitrogens with one attached hydrogen (secondary N) is 2. The molecule has 150 valence electrons. The van der Waals surface area contributed by atoms with Crippen molar-refractivity contribution in [3.05, 3.63) is 45.9 Å². The van der Waals surface area contributed by atoms with E-state index in [1.807, 2.05) is 6.07 Å². The average Bonchev–Trinajstić information content (AvgIpc) is 3.23. The van der Waals surface area contributed by atoms with Gasteiger partial charge in [0.05, 0.1) is 0 Å². The van der Waals surface area contributed by atoms with Crippen molar-refractivity contribution in [2.24, 2.45) is 0 Å². The molecule has 1 atom stereocenters. The van der Waals surface area contributed by atoms with E-state index >= 15 is 0 Å². The van der Waals surface area contributed by atoms with Crippen LogP contribution < -0.4 is 10.6 Å². The minimum absolute atomic E-state index is 0.0962. The van der Waals surface area contributed by atoms with Crippen LogP contribution in [0.25, 0.3) is 0 Å². The molecule has 0 unspecified atom stereocenters. The summed E-state index contributed by atoms with van der Waals surface area (Å²) in [6.45, 7) is 2.17. The van der Waals surface area contributed by atoms with Gasteiger partial charge in [-0.25, -0.2) is 8.42 Å². The van der Waals surface area contributed by atoms with Crippen molar-refractivity contribution in [3.63, 3.8) is 0 Å². The lowest BCUT2D eigenvalue weighted by Gasteiger charge is -2.27. The van der Waals surface area contributed by atoms with Crippen LogP contribution >= 0.6 is 11.3 Å². The van der Waals surface area contributed by atoms with Crippen molar-refractivity contribution in [2.75, 3.05) is 19.6 Å². The normalized spacial score (nSPS) is 20.5. The molecule has 28 heavy (non-hydrogen) atoms. The molecule has 4 rings (SSSR count). The molecule has 2 aromatic heterocycles. The topological polar surface area (TPSA) is 91.4 Å². The van der Waals surface area contributed by atoms with Gasteiger partial charge >= 0.3 is 0 Å². The molecule has 2 aromatic rings. The Morgan fingerprint density at radius 1 is 1.32 bits per heavy atom. The summed E-state index contributed by atoms with van der Waals surface area (Å²) in [5.74, 6) is -0.319. The van der Waals surface area contributed by atoms with E-state index in [2.05, 4.69) is 15.6 Å². The van der Waals surface area contributed by atoms with Gasteiger partial charge in [0, 0.05) is 38.1 Å². The molecule has 0 aromatic carbocycles. The van der Waals surface area contributed by atoms with Gasteiger partial charge in [-0.15, -0.1) is 11.3 Å². The molecule has 1 fully saturated rings. The molecule has 1 saturated heterocycles. The molecular formula is C19H24N4O3S2. The van der Waals surface area contributed by atoms with Gasteiger partial charge in [0.25, 0.3) is 5.91 Å². The highest BCUT2D eigenvalue weighted by atomic mass is 32.2. The summed E-state index contributed by atoms with van der Waals surface area (Å²) in [5.41, 5.74) is 2.05. The molecule has 2 aliphatic rings. The van der Waals surface area contributed by atoms with Crippen LogP contribution in [-0.4, -0.2) is 49.3 Å². The molecular weight excluding hydrogens is 396 g/mol. The van der Waals surface area contributed by atoms with Crippen molar-refractivity contribution < 1.29 is 13.2 Å². The van der Waals surface area contributed by atoms with E-state index in [-0.39, 0.29) is 28.3 Å². The number of nitrogens with zero attached hydrogens (tertiary/aromatic N) is 2. The van der Waals surface area contributed by atoms with Gasteiger partial charge in [-0.1, -0.05) is 6.42 Å². The Hall–Kier alpha value is -1.81. The molecule has 2 aliphatic heterocycles. The van der Waals surface area contributed by atoms with Crippen LogP contribution in [0, 0.1) is 0 Å². The van der Waals surface area contributed by atoms with E-state index in [1.165, 1.54) is 21.7 Å². The lowest BCUT2D eigenvalue weighted by atomic mass is 10.0. The molecule has 0 radical (unpaired) electrons. The fourth-order valence-corrected chi connectivity index (χ4v) is 6.50. The zero-order valence-electron chi connectivity index (χ0n) is 15.6. The zero-order chi connectivity index (χ0) is 19.6. The number of carbonyl (C=O) groups excluding carboxylic acids is 1. The highest BCUT2D eigenvalue weighted by Crippen LogP contribution is 2.29. The number of carbonyl (C=O) groups is 1. The van der Waals surface area contributed by atoms with E-state index in [9.17, 15) is 13.2 Å². The summed E-state index contributed by atoms with van der Waals surface area (Å²) >= 11 is 1.17. The first kappa shape index (κ1) is 19.5. The summed E-state index contributed by atoms with van der Waals surface area (Å²) in [5, 5.41) is 7.95. The predicted molar refractivity (Wildman–Crippen MR) is 108 cm³/mol. The van der Waals surface area contributed by atoms with Crippen LogP contribution in [0.5, 0.6) is 0 Å². The number of thiophene rings is 1. The van der Waals surface area contributed by atoms with Crippen molar-refractivity contribution in [1.82, 2.24) is 19.9 Å². The fraction of sp³-hybridized carbons (Fsp3) is 0.474. The van der Waals surface area contributed by atoms with Crippen LogP contribution in [0.3, 0.4) is 0 Å². The highest BCUT2D eigenvalue weighted by molar-refractivity contribution is 7.89. The number of hydrogen-bond donors (Lipinski definition) is 2. The largest absolute Gasteiger partial charge is 0.350 e. The van der Waals surface area contributed by atoms with Crippen LogP contribution in [0.2, 0.25) is 0 Å². The Bertz CT molecular complexity index is 952. The van der Waals surface area contributed by atoms with Gasteiger partial charge in [0.2, 0.25) is 10.0 Å². The Morgan fingerprint density at radius 3 is 3.04 bits per heavy atom. The van der Waals surface area contributed by atoms with Crippen molar-refractivity contribution in [3.8, 4) is 0 Å². The van der Waals surface area contributed by atoms with Crippen LogP contribution in [-0.2, 0) is 23.0 Å². The first-order valence-corrected chi connectivity index (χ1v) is 11.9. The number of amides is 1. The lowest BCUT2D eigenvalue weighted by molar-refractivity contribution is 0.0948. The van der Waals surface area contributed by atoms with Gasteiger partial charge in [-0.05, 0) is 54.4 Å². The molecule has 7 nitrogen and oxygen atoms in total. The van der Waals surface area contributed by atoms with E-state index in [4.69, 9.17) is 0 Å². The van der Waals surface area contributed by atoms with Crippen molar-refractivity contribution >= 4 is 27.3 Å². The summed E-state index contributed by atoms with van der Waals surface area (Å²) in [6, 6.07) is 3.72. The van der Waals surface area contributed by atoms with Crippen LogP contribution in [0.1, 0.15) is 40.1 Å². The Morgan fingerprint density at radius 2 is 2.21 bits per heavy atom. The number of aromatic nitrogens is 1. The molecule has 0 aliphatic carbocycles. The summed E-state index contributed by atoms with van der Waals surface area (Å²) < 4.78 is 27.9. The van der Waals surface area contributed by atoms with E-state index in [1.54, 1.807) is 17.8 Å². The molecule has 0 bridgehead atoms. The van der Waals surface area contributed by atoms with Gasteiger partial charge in [-0.2, -0.15) is 4.31 Å². The number of hydrogen-bond acceptors (Lipinski definition) is 6. The first-order valence-electron chi connectivity index (χ1n) is 9.56. The molecule has 1 amide bonds. The number of fused-ring (bicyclic) bond motifs is 1. The number of rotatable bonds is 5. The van der Waals surface area contributed by atoms with E-state index in [0.29, 0.717) is 19.5 Å². The quantitative estimate of drug-likeness (QED) is 0.769. The van der Waals surface area contributed by atoms with Gasteiger partial charge in [0.15, 0.2) is 0 Å². The third-order valence-electron chi connectivity index (χ3n) is 5.36. The zero-order valence-corrected chi connectivity index (χ0v) is 17.2. The van der Waals surface area contributed by atoms with E-state index < -0.39 is 10.0 Å². The summed E-state index contributed by atoms with van der Waals surface area (Å²) in [4.78, 5) is 17.1. The third kappa shape index (κ3) is 3.98. The molecule has 4 heterocycles. The van der Waals surface area contributed by atoms with Gasteiger partial charge in [-0.3, -0.25) is 9.78 Å². The number of sulfonamides is 1. The van der Waals surface area contributed by atoms with Gasteiger partial charge < -0.3 is 10.6 Å². The van der Waals surface area contributed by atoms with Crippen LogP contribution in [0.15, 0.2) is 34.8 Å². The molecule has 9 heteroatoms. The molecule has 2 N–H and O–H groups in total. The SMILES string of the molecule is O=C(NC[C@H]1CCCCN1)c1sccc1S(=O)(=O)N1CCc2ccncc2C1. The second-order valence-corrected chi connectivity index (χ2v) is 10.0. The van der Waals surface area contributed by atoms with Crippen LogP contribution in [0.4, 0.5) is 0 Å². The number of pyridine rings is 1. The number of piperidine rings is 1. The second kappa shape index (κ2) is 8.28. The minimum atomic E-state index is -3.74.